The Morgan fingerprint density at radius 3 is 2.70 bits per heavy atom. The summed E-state index contributed by atoms with van der Waals surface area (Å²) in [7, 11) is -4.82. The molecule has 0 aromatic carbocycles. The molecule has 23 heavy (non-hydrogen) atoms. The largest absolute Gasteiger partial charge is 0.466 e. The zero-order valence-corrected chi connectivity index (χ0v) is 13.6. The van der Waals surface area contributed by atoms with Crippen molar-refractivity contribution in [2.75, 3.05) is 6.61 Å². The zero-order valence-electron chi connectivity index (χ0n) is 11.9. The molecule has 134 valence electrons. The van der Waals surface area contributed by atoms with Crippen LogP contribution in [0.4, 0.5) is 0 Å². The lowest BCUT2D eigenvalue weighted by Gasteiger charge is -2.36. The van der Waals surface area contributed by atoms with Crippen molar-refractivity contribution in [3.63, 3.8) is 0 Å². The fourth-order valence-corrected chi connectivity index (χ4v) is 3.13. The molecule has 0 saturated carbocycles. The van der Waals surface area contributed by atoms with Crippen molar-refractivity contribution in [3.05, 3.63) is 12.7 Å². The van der Waals surface area contributed by atoms with Crippen LogP contribution in [0.3, 0.4) is 0 Å². The molecule has 0 aromatic rings. The molecule has 1 heterocycles. The molecule has 1 aliphatic heterocycles. The van der Waals surface area contributed by atoms with Crippen molar-refractivity contribution in [2.24, 2.45) is 5.16 Å². The molecule has 0 amide bonds. The lowest BCUT2D eigenvalue weighted by atomic mass is 10.0. The smallest absolute Gasteiger partial charge is 0.394 e. The van der Waals surface area contributed by atoms with Crippen LogP contribution in [0.2, 0.25) is 0 Å². The van der Waals surface area contributed by atoms with E-state index in [4.69, 9.17) is 14.4 Å². The molecule has 1 aliphatic rings. The Morgan fingerprint density at radius 1 is 1.52 bits per heavy atom. The summed E-state index contributed by atoms with van der Waals surface area (Å²) in [5.41, 5.74) is -0.786. The third kappa shape index (κ3) is 7.14. The number of rotatable bonds is 7. The van der Waals surface area contributed by atoms with Gasteiger partial charge in [-0.1, -0.05) is 23.0 Å². The highest BCUT2D eigenvalue weighted by Crippen LogP contribution is 2.30. The van der Waals surface area contributed by atoms with Gasteiger partial charge in [-0.2, -0.15) is 8.42 Å². The summed E-state index contributed by atoms with van der Waals surface area (Å²) in [6.45, 7) is 2.83. The van der Waals surface area contributed by atoms with Crippen molar-refractivity contribution in [3.8, 4) is 0 Å². The number of hydrogen-bond acceptors (Lipinski definition) is 10. The van der Waals surface area contributed by atoms with Crippen LogP contribution in [-0.2, 0) is 19.4 Å². The molecule has 1 unspecified atom stereocenters. The van der Waals surface area contributed by atoms with Crippen LogP contribution in [0.25, 0.3) is 0 Å². The molecular weight excluding hydrogens is 354 g/mol. The average molecular weight is 373 g/mol. The van der Waals surface area contributed by atoms with Crippen molar-refractivity contribution in [1.29, 1.82) is 0 Å². The Labute approximate surface area is 137 Å². The van der Waals surface area contributed by atoms with Crippen LogP contribution >= 0.6 is 11.8 Å². The molecule has 12 heteroatoms. The van der Waals surface area contributed by atoms with Crippen LogP contribution < -0.4 is 0 Å². The van der Waals surface area contributed by atoms with Crippen molar-refractivity contribution in [2.45, 2.75) is 42.7 Å². The molecule has 1 fully saturated rings. The van der Waals surface area contributed by atoms with E-state index >= 15 is 0 Å². The Kier molecular flexibility index (Phi) is 7.89. The first-order valence-corrected chi connectivity index (χ1v) is 8.73. The highest BCUT2D eigenvalue weighted by atomic mass is 32.3. The number of ether oxygens (including phenoxy) is 1. The van der Waals surface area contributed by atoms with E-state index in [2.05, 4.69) is 16.0 Å². The van der Waals surface area contributed by atoms with Crippen LogP contribution in [0.1, 0.15) is 12.8 Å². The monoisotopic (exact) mass is 373 g/mol. The molecule has 5 atom stereocenters. The molecule has 10 nitrogen and oxygen atoms in total. The van der Waals surface area contributed by atoms with E-state index in [0.29, 0.717) is 0 Å². The molecule has 1 saturated heterocycles. The topological polar surface area (TPSA) is 166 Å². The first-order valence-electron chi connectivity index (χ1n) is 6.49. The minimum Gasteiger partial charge on any atom is -0.394 e. The average Bonchev–Trinajstić information content (AvgIpc) is 2.47. The molecule has 0 aromatic heterocycles. The molecular formula is C11H19NO9S2. The predicted octanol–water partition coefficient (Wildman–Crippen LogP) is -1.38. The van der Waals surface area contributed by atoms with E-state index in [1.165, 1.54) is 6.08 Å². The normalized spacial score (nSPS) is 30.7. The Balaban J connectivity index is 2.81. The van der Waals surface area contributed by atoms with E-state index < -0.39 is 46.9 Å². The number of aliphatic hydroxyl groups excluding tert-OH is 4. The second-order valence-corrected chi connectivity index (χ2v) is 6.93. The number of hydrogen-bond donors (Lipinski definition) is 5. The van der Waals surface area contributed by atoms with Crippen molar-refractivity contribution >= 4 is 27.2 Å². The third-order valence-electron chi connectivity index (χ3n) is 2.87. The van der Waals surface area contributed by atoms with Gasteiger partial charge in [-0.05, 0) is 0 Å². The van der Waals surface area contributed by atoms with Gasteiger partial charge in [-0.3, -0.25) is 4.55 Å². The second-order valence-electron chi connectivity index (χ2n) is 4.69. The maximum atomic E-state index is 10.6. The van der Waals surface area contributed by atoms with E-state index in [1.54, 1.807) is 0 Å². The van der Waals surface area contributed by atoms with Crippen molar-refractivity contribution < 1.29 is 42.4 Å². The van der Waals surface area contributed by atoms with Gasteiger partial charge >= 0.3 is 10.4 Å². The highest BCUT2D eigenvalue weighted by molar-refractivity contribution is 8.14. The summed E-state index contributed by atoms with van der Waals surface area (Å²) in [6.07, 6.45) is -3.52. The molecule has 1 rings (SSSR count). The Hall–Kier alpha value is -0.730. The highest BCUT2D eigenvalue weighted by Gasteiger charge is 2.37. The van der Waals surface area contributed by atoms with Gasteiger partial charge in [-0.25, -0.2) is 4.28 Å². The SMILES string of the molecule is C=C[C@@H](O)C/C(=N\OS(=O)(=O)O)S[C@H]1C[C@@H](O)[C@H](O)C(CO)O1. The summed E-state index contributed by atoms with van der Waals surface area (Å²) >= 11 is 0.812. The summed E-state index contributed by atoms with van der Waals surface area (Å²) < 4.78 is 38.9. The first kappa shape index (κ1) is 20.3. The quantitative estimate of drug-likeness (QED) is 0.118. The molecule has 0 bridgehead atoms. The molecule has 0 spiro atoms. The van der Waals surface area contributed by atoms with E-state index in [1.807, 2.05) is 0 Å². The molecule has 5 N–H and O–H groups in total. The molecule has 0 aliphatic carbocycles. The Bertz CT molecular complexity index is 524. The van der Waals surface area contributed by atoms with Gasteiger partial charge in [0.1, 0.15) is 22.7 Å². The third-order valence-corrected chi connectivity index (χ3v) is 4.21. The summed E-state index contributed by atoms with van der Waals surface area (Å²) in [6, 6.07) is 0. The summed E-state index contributed by atoms with van der Waals surface area (Å²) in [4.78, 5) is 0. The van der Waals surface area contributed by atoms with E-state index in [9.17, 15) is 23.7 Å². The van der Waals surface area contributed by atoms with Crippen LogP contribution in [0.15, 0.2) is 17.8 Å². The zero-order chi connectivity index (χ0) is 17.6. The minimum atomic E-state index is -4.82. The van der Waals surface area contributed by atoms with Gasteiger partial charge in [-0.15, -0.1) is 6.58 Å². The van der Waals surface area contributed by atoms with Crippen LogP contribution in [-0.4, -0.2) is 74.9 Å². The lowest BCUT2D eigenvalue weighted by molar-refractivity contribution is -0.156. The van der Waals surface area contributed by atoms with Crippen LogP contribution in [0, 0.1) is 0 Å². The summed E-state index contributed by atoms with van der Waals surface area (Å²) in [5.74, 6) is 0. The predicted molar refractivity (Wildman–Crippen MR) is 80.9 cm³/mol. The fourth-order valence-electron chi connectivity index (χ4n) is 1.75. The number of thioether (sulfide) groups is 1. The first-order chi connectivity index (χ1) is 10.7. The fraction of sp³-hybridized carbons (Fsp3) is 0.727. The van der Waals surface area contributed by atoms with Gasteiger partial charge in [0, 0.05) is 12.8 Å². The maximum Gasteiger partial charge on any atom is 0.466 e. The second kappa shape index (κ2) is 8.94. The van der Waals surface area contributed by atoms with E-state index in [-0.39, 0.29) is 17.9 Å². The van der Waals surface area contributed by atoms with Crippen LogP contribution in [0.5, 0.6) is 0 Å². The summed E-state index contributed by atoms with van der Waals surface area (Å²) in [5, 5.41) is 41.1. The van der Waals surface area contributed by atoms with Gasteiger partial charge in [0.05, 0.1) is 18.8 Å². The van der Waals surface area contributed by atoms with Crippen molar-refractivity contribution in [1.82, 2.24) is 0 Å². The van der Waals surface area contributed by atoms with Gasteiger partial charge < -0.3 is 25.2 Å². The number of nitrogens with zero attached hydrogens (tertiary/aromatic N) is 1. The number of aliphatic hydroxyl groups is 4. The van der Waals surface area contributed by atoms with Gasteiger partial charge in [0.25, 0.3) is 0 Å². The Morgan fingerprint density at radius 2 is 2.17 bits per heavy atom. The maximum absolute atomic E-state index is 10.6. The standard InChI is InChI=1S/C11H19NO9S2/c1-2-6(14)3-9(12-21-23(17,18)19)22-10-4-7(15)11(16)8(5-13)20-10/h2,6-8,10-11,13-16H,1,3-5H2,(H,17,18,19)/b12-9+/t6-,7-,8?,10+,11+/m1/s1. The minimum absolute atomic E-state index is 0.0303. The van der Waals surface area contributed by atoms with E-state index in [0.717, 1.165) is 11.8 Å². The van der Waals surface area contributed by atoms with Gasteiger partial charge in [0.2, 0.25) is 0 Å². The number of oxime groups is 1. The molecule has 0 radical (unpaired) electrons. The lowest BCUT2D eigenvalue weighted by Crippen LogP contribution is -2.49. The van der Waals surface area contributed by atoms with Gasteiger partial charge in [0.15, 0.2) is 0 Å².